The second-order valence-corrected chi connectivity index (χ2v) is 7.67. The van der Waals surface area contributed by atoms with Crippen LogP contribution in [0.15, 0.2) is 58.3 Å². The Labute approximate surface area is 154 Å². The zero-order chi connectivity index (χ0) is 18.9. The van der Waals surface area contributed by atoms with E-state index < -0.39 is 9.84 Å². The molecule has 7 nitrogen and oxygen atoms in total. The number of nitrogen functional groups attached to an aromatic ring is 2. The van der Waals surface area contributed by atoms with Gasteiger partial charge in [0.25, 0.3) is 0 Å². The van der Waals surface area contributed by atoms with Crippen LogP contribution in [0.5, 0.6) is 0 Å². The summed E-state index contributed by atoms with van der Waals surface area (Å²) in [6.07, 6.45) is 0. The highest BCUT2D eigenvalue weighted by Crippen LogP contribution is 2.28. The molecule has 1 heterocycles. The van der Waals surface area contributed by atoms with Crippen molar-refractivity contribution >= 4 is 33.2 Å². The molecule has 0 bridgehead atoms. The molecular weight excluding hydrogens is 374 g/mol. The van der Waals surface area contributed by atoms with Gasteiger partial charge in [-0.25, -0.2) is 13.4 Å². The predicted molar refractivity (Wildman–Crippen MR) is 97.9 cm³/mol. The molecule has 130 valence electrons. The summed E-state index contributed by atoms with van der Waals surface area (Å²) in [6, 6.07) is 13.7. The molecule has 0 atom stereocenters. The molecule has 2 aromatic carbocycles. The Kier molecular flexibility index (Phi) is 4.50. The van der Waals surface area contributed by atoms with Crippen LogP contribution in [-0.2, 0) is 9.84 Å². The highest BCUT2D eigenvalue weighted by Gasteiger charge is 2.19. The first-order chi connectivity index (χ1) is 12.3. The van der Waals surface area contributed by atoms with E-state index in [-0.39, 0.29) is 32.8 Å². The molecule has 1 aromatic heterocycles. The van der Waals surface area contributed by atoms with Gasteiger partial charge in [0.2, 0.25) is 15.8 Å². The Hall–Kier alpha value is -3.15. The molecule has 0 radical (unpaired) electrons. The molecule has 0 fully saturated rings. The summed E-state index contributed by atoms with van der Waals surface area (Å²) in [5.41, 5.74) is 12.1. The van der Waals surface area contributed by atoms with Gasteiger partial charge in [-0.2, -0.15) is 10.2 Å². The van der Waals surface area contributed by atoms with E-state index in [1.165, 1.54) is 48.5 Å². The zero-order valence-electron chi connectivity index (χ0n) is 13.2. The number of rotatable bonds is 3. The molecule has 0 saturated heterocycles. The van der Waals surface area contributed by atoms with E-state index in [1.54, 1.807) is 0 Å². The molecular formula is C17H12ClN5O2S. The van der Waals surface area contributed by atoms with Gasteiger partial charge in [0.15, 0.2) is 0 Å². The van der Waals surface area contributed by atoms with Crippen molar-refractivity contribution in [3.63, 3.8) is 0 Å². The fourth-order valence-electron chi connectivity index (χ4n) is 2.36. The number of benzene rings is 2. The largest absolute Gasteiger partial charge is 0.382 e. The van der Waals surface area contributed by atoms with Crippen molar-refractivity contribution in [3.05, 3.63) is 59.1 Å². The van der Waals surface area contributed by atoms with Crippen LogP contribution in [0.25, 0.3) is 11.3 Å². The Bertz CT molecular complexity index is 1120. The van der Waals surface area contributed by atoms with Gasteiger partial charge >= 0.3 is 0 Å². The van der Waals surface area contributed by atoms with E-state index in [1.807, 2.05) is 6.07 Å². The van der Waals surface area contributed by atoms with Crippen molar-refractivity contribution in [2.45, 2.75) is 9.79 Å². The molecule has 0 aliphatic carbocycles. The van der Waals surface area contributed by atoms with Gasteiger partial charge in [0.1, 0.15) is 17.5 Å². The fourth-order valence-corrected chi connectivity index (χ4v) is 3.74. The number of nitrogens with two attached hydrogens (primary N) is 2. The van der Waals surface area contributed by atoms with Crippen molar-refractivity contribution < 1.29 is 8.42 Å². The molecule has 0 aliphatic heterocycles. The second-order valence-electron chi connectivity index (χ2n) is 5.28. The zero-order valence-corrected chi connectivity index (χ0v) is 14.8. The van der Waals surface area contributed by atoms with Crippen molar-refractivity contribution in [1.82, 2.24) is 9.97 Å². The lowest BCUT2D eigenvalue weighted by molar-refractivity contribution is 0.596. The third kappa shape index (κ3) is 3.18. The topological polar surface area (TPSA) is 136 Å². The van der Waals surface area contributed by atoms with E-state index in [4.69, 9.17) is 23.1 Å². The number of nitriles is 1. The van der Waals surface area contributed by atoms with Gasteiger partial charge < -0.3 is 11.5 Å². The number of aromatic nitrogens is 2. The SMILES string of the molecule is N#Cc1c(N)nc(N)nc1-c1ccc(S(=O)(=O)c2ccc(Cl)cc2)cc1. The second kappa shape index (κ2) is 6.63. The van der Waals surface area contributed by atoms with Gasteiger partial charge in [-0.15, -0.1) is 0 Å². The van der Waals surface area contributed by atoms with E-state index in [0.717, 1.165) is 0 Å². The van der Waals surface area contributed by atoms with Gasteiger partial charge in [-0.05, 0) is 36.4 Å². The summed E-state index contributed by atoms with van der Waals surface area (Å²) in [5, 5.41) is 9.70. The van der Waals surface area contributed by atoms with Gasteiger partial charge in [-0.3, -0.25) is 0 Å². The third-order valence-corrected chi connectivity index (χ3v) is 5.67. The first kappa shape index (κ1) is 17.7. The maximum absolute atomic E-state index is 12.7. The Balaban J connectivity index is 2.05. The summed E-state index contributed by atoms with van der Waals surface area (Å²) in [6.45, 7) is 0. The quantitative estimate of drug-likeness (QED) is 0.707. The lowest BCUT2D eigenvalue weighted by Crippen LogP contribution is -2.05. The number of sulfone groups is 1. The molecule has 3 aromatic rings. The summed E-state index contributed by atoms with van der Waals surface area (Å²) in [7, 11) is -3.69. The van der Waals surface area contributed by atoms with Crippen LogP contribution in [0.2, 0.25) is 5.02 Å². The smallest absolute Gasteiger partial charge is 0.222 e. The molecule has 0 amide bonds. The first-order valence-electron chi connectivity index (χ1n) is 7.27. The molecule has 26 heavy (non-hydrogen) atoms. The summed E-state index contributed by atoms with van der Waals surface area (Å²) >= 11 is 5.80. The minimum Gasteiger partial charge on any atom is -0.382 e. The average Bonchev–Trinajstić information content (AvgIpc) is 2.61. The Morgan fingerprint density at radius 3 is 2.00 bits per heavy atom. The van der Waals surface area contributed by atoms with Crippen LogP contribution in [0.4, 0.5) is 11.8 Å². The van der Waals surface area contributed by atoms with E-state index in [2.05, 4.69) is 9.97 Å². The minimum atomic E-state index is -3.69. The van der Waals surface area contributed by atoms with Crippen LogP contribution < -0.4 is 11.5 Å². The first-order valence-corrected chi connectivity index (χ1v) is 9.13. The van der Waals surface area contributed by atoms with Crippen LogP contribution in [0.3, 0.4) is 0 Å². The predicted octanol–water partition coefficient (Wildman–Crippen LogP) is 2.67. The van der Waals surface area contributed by atoms with Crippen LogP contribution in [-0.4, -0.2) is 18.4 Å². The summed E-state index contributed by atoms with van der Waals surface area (Å²) < 4.78 is 25.3. The van der Waals surface area contributed by atoms with Crippen molar-refractivity contribution in [3.8, 4) is 17.3 Å². The van der Waals surface area contributed by atoms with Gasteiger partial charge in [0, 0.05) is 10.6 Å². The van der Waals surface area contributed by atoms with E-state index in [0.29, 0.717) is 10.6 Å². The normalized spacial score (nSPS) is 11.1. The van der Waals surface area contributed by atoms with Gasteiger partial charge in [-0.1, -0.05) is 23.7 Å². The molecule has 0 spiro atoms. The number of nitrogens with zero attached hydrogens (tertiary/aromatic N) is 3. The summed E-state index contributed by atoms with van der Waals surface area (Å²) in [5.74, 6) is -0.109. The van der Waals surface area contributed by atoms with Crippen molar-refractivity contribution in [2.75, 3.05) is 11.5 Å². The van der Waals surface area contributed by atoms with Crippen LogP contribution in [0, 0.1) is 11.3 Å². The summed E-state index contributed by atoms with van der Waals surface area (Å²) in [4.78, 5) is 8.01. The standard InChI is InChI=1S/C17H12ClN5O2S/c18-11-3-7-13(8-4-11)26(24,25)12-5-1-10(2-6-12)15-14(9-19)16(20)23-17(21)22-15/h1-8H,(H4,20,21,22,23). The van der Waals surface area contributed by atoms with E-state index >= 15 is 0 Å². The third-order valence-electron chi connectivity index (χ3n) is 3.63. The number of hydrogen-bond acceptors (Lipinski definition) is 7. The minimum absolute atomic E-state index is 0.0344. The maximum atomic E-state index is 12.7. The monoisotopic (exact) mass is 385 g/mol. The van der Waals surface area contributed by atoms with Crippen LogP contribution in [0.1, 0.15) is 5.56 Å². The fraction of sp³-hybridized carbons (Fsp3) is 0. The lowest BCUT2D eigenvalue weighted by atomic mass is 10.1. The van der Waals surface area contributed by atoms with E-state index in [9.17, 15) is 13.7 Å². The molecule has 0 unspecified atom stereocenters. The van der Waals surface area contributed by atoms with Crippen molar-refractivity contribution in [1.29, 1.82) is 5.26 Å². The molecule has 4 N–H and O–H groups in total. The highest BCUT2D eigenvalue weighted by molar-refractivity contribution is 7.91. The maximum Gasteiger partial charge on any atom is 0.222 e. The van der Waals surface area contributed by atoms with Crippen LogP contribution >= 0.6 is 11.6 Å². The highest BCUT2D eigenvalue weighted by atomic mass is 35.5. The average molecular weight is 386 g/mol. The Morgan fingerprint density at radius 1 is 0.923 bits per heavy atom. The van der Waals surface area contributed by atoms with Gasteiger partial charge in [0.05, 0.1) is 15.5 Å². The van der Waals surface area contributed by atoms with Crippen molar-refractivity contribution in [2.24, 2.45) is 0 Å². The molecule has 3 rings (SSSR count). The molecule has 0 aliphatic rings. The lowest BCUT2D eigenvalue weighted by Gasteiger charge is -2.08. The number of anilines is 2. The number of hydrogen-bond donors (Lipinski definition) is 2. The number of halogens is 1. The molecule has 0 saturated carbocycles. The molecule has 9 heteroatoms. The Morgan fingerprint density at radius 2 is 1.46 bits per heavy atom.